The number of halogens is 2. The van der Waals surface area contributed by atoms with E-state index in [1.807, 2.05) is 4.98 Å². The third-order valence-electron chi connectivity index (χ3n) is 3.12. The molecule has 2 rings (SSSR count). The molecule has 0 aromatic carbocycles. The minimum absolute atomic E-state index is 0.121. The van der Waals surface area contributed by atoms with Crippen molar-refractivity contribution < 1.29 is 23.8 Å². The second-order valence-electron chi connectivity index (χ2n) is 4.74. The minimum Gasteiger partial charge on any atom is -0.388 e. The number of hydrogen-bond acceptors (Lipinski definition) is 6. The van der Waals surface area contributed by atoms with Gasteiger partial charge in [-0.05, 0) is 0 Å². The van der Waals surface area contributed by atoms with Crippen LogP contribution in [-0.2, 0) is 14.3 Å². The molecule has 122 valence electrons. The van der Waals surface area contributed by atoms with Crippen molar-refractivity contribution in [1.82, 2.24) is 9.55 Å². The summed E-state index contributed by atoms with van der Waals surface area (Å²) in [6.45, 7) is -1.20. The molecule has 22 heavy (non-hydrogen) atoms. The molecule has 1 aliphatic rings. The van der Waals surface area contributed by atoms with Crippen molar-refractivity contribution in [1.29, 1.82) is 0 Å². The molecule has 1 aliphatic heterocycles. The molecule has 0 spiro atoms. The molecule has 0 aliphatic carbocycles. The first-order chi connectivity index (χ1) is 10.4. The fraction of sp³-hybridized carbons (Fsp3) is 0.583. The molecule has 1 unspecified atom stereocenters. The van der Waals surface area contributed by atoms with Crippen LogP contribution in [0.5, 0.6) is 0 Å². The summed E-state index contributed by atoms with van der Waals surface area (Å²) in [6.07, 6.45) is -2.34. The molecule has 0 radical (unpaired) electrons. The zero-order chi connectivity index (χ0) is 16.3. The lowest BCUT2D eigenvalue weighted by Gasteiger charge is -2.15. The maximum absolute atomic E-state index is 13.9. The number of hydrogen-bond donors (Lipinski definition) is 2. The first-order valence-corrected chi connectivity index (χ1v) is 6.81. The number of ether oxygens (including phenoxy) is 2. The molecule has 1 saturated heterocycles. The fourth-order valence-corrected chi connectivity index (χ4v) is 2.17. The van der Waals surface area contributed by atoms with Crippen LogP contribution in [0.25, 0.3) is 0 Å². The molecule has 1 fully saturated rings. The Labute approximate surface area is 128 Å². The summed E-state index contributed by atoms with van der Waals surface area (Å²) < 4.78 is 25.2. The van der Waals surface area contributed by atoms with E-state index in [1.54, 1.807) is 0 Å². The number of carbonyl (C=O) groups is 1. The average molecular weight is 337 g/mol. The molecular weight excluding hydrogens is 323 g/mol. The van der Waals surface area contributed by atoms with Gasteiger partial charge in [0.2, 0.25) is 0 Å². The smallest absolute Gasteiger partial charge is 0.330 e. The van der Waals surface area contributed by atoms with Crippen molar-refractivity contribution in [2.24, 2.45) is 0 Å². The molecule has 3 atom stereocenters. The Morgan fingerprint density at radius 3 is 3.00 bits per heavy atom. The summed E-state index contributed by atoms with van der Waals surface area (Å²) in [6, 6.07) is 0. The highest BCUT2D eigenvalue weighted by atomic mass is 35.5. The Hall–Kier alpha value is -1.55. The van der Waals surface area contributed by atoms with E-state index in [9.17, 15) is 18.8 Å². The average Bonchev–Trinajstić information content (AvgIpc) is 2.83. The summed E-state index contributed by atoms with van der Waals surface area (Å²) >= 11 is 5.63. The van der Waals surface area contributed by atoms with E-state index >= 15 is 0 Å². The Morgan fingerprint density at radius 2 is 2.32 bits per heavy atom. The van der Waals surface area contributed by atoms with Crippen LogP contribution in [0.2, 0.25) is 5.02 Å². The number of H-pyrrole nitrogens is 1. The van der Waals surface area contributed by atoms with Crippen LogP contribution in [0, 0.1) is 0 Å². The lowest BCUT2D eigenvalue weighted by atomic mass is 10.2. The van der Waals surface area contributed by atoms with E-state index in [-0.39, 0.29) is 24.7 Å². The van der Waals surface area contributed by atoms with E-state index in [0.29, 0.717) is 0 Å². The number of carbonyl (C=O) groups excluding carboxylic acids is 1. The highest BCUT2D eigenvalue weighted by Gasteiger charge is 2.37. The van der Waals surface area contributed by atoms with Gasteiger partial charge in [0.05, 0.1) is 6.61 Å². The van der Waals surface area contributed by atoms with Gasteiger partial charge in [0, 0.05) is 12.6 Å². The maximum Gasteiger partial charge on any atom is 0.330 e. The number of aliphatic hydroxyl groups is 1. The monoisotopic (exact) mass is 336 g/mol. The number of Topliss-reactive ketones (excluding diaryl/α,β-unsaturated/α-hetero) is 1. The van der Waals surface area contributed by atoms with Crippen molar-refractivity contribution in [3.63, 3.8) is 0 Å². The molecule has 1 aromatic heterocycles. The summed E-state index contributed by atoms with van der Waals surface area (Å²) in [7, 11) is 0. The topological polar surface area (TPSA) is 111 Å². The first kappa shape index (κ1) is 16.8. The van der Waals surface area contributed by atoms with E-state index in [2.05, 4.69) is 0 Å². The van der Waals surface area contributed by atoms with Gasteiger partial charge < -0.3 is 14.6 Å². The van der Waals surface area contributed by atoms with Crippen molar-refractivity contribution in [3.8, 4) is 0 Å². The van der Waals surface area contributed by atoms with Crippen LogP contribution in [0.4, 0.5) is 4.39 Å². The largest absolute Gasteiger partial charge is 0.388 e. The van der Waals surface area contributed by atoms with Crippen molar-refractivity contribution in [3.05, 3.63) is 32.1 Å². The summed E-state index contributed by atoms with van der Waals surface area (Å²) in [4.78, 5) is 35.7. The van der Waals surface area contributed by atoms with Gasteiger partial charge in [-0.25, -0.2) is 9.18 Å². The number of aromatic nitrogens is 2. The lowest BCUT2D eigenvalue weighted by Crippen LogP contribution is -2.32. The molecule has 0 saturated carbocycles. The minimum atomic E-state index is -1.41. The van der Waals surface area contributed by atoms with Gasteiger partial charge in [0.1, 0.15) is 36.7 Å². The predicted octanol–water partition coefficient (Wildman–Crippen LogP) is -0.606. The van der Waals surface area contributed by atoms with Gasteiger partial charge in [-0.3, -0.25) is 19.1 Å². The first-order valence-electron chi connectivity index (χ1n) is 6.43. The Balaban J connectivity index is 2.01. The lowest BCUT2D eigenvalue weighted by molar-refractivity contribution is -0.128. The van der Waals surface area contributed by atoms with Crippen molar-refractivity contribution >= 4 is 17.4 Å². The number of nitrogens with zero attached hydrogens (tertiary/aromatic N) is 1. The Kier molecular flexibility index (Phi) is 5.46. The van der Waals surface area contributed by atoms with Crippen LogP contribution in [0.1, 0.15) is 12.6 Å². The zero-order valence-corrected chi connectivity index (χ0v) is 12.1. The van der Waals surface area contributed by atoms with Crippen molar-refractivity contribution in [2.45, 2.75) is 24.9 Å². The Morgan fingerprint density at radius 1 is 1.59 bits per heavy atom. The highest BCUT2D eigenvalue weighted by molar-refractivity contribution is 6.30. The standard InChI is InChI=1S/C12H14ClFN2O6/c13-7-2-16(12(20)15-11(7)19)10-1-8(14)9(22-10)5-21-4-6(18)3-17/h2,8-10,17H,1,3-5H2,(H,15,19,20)/t8?,9-,10-/m0/s1. The second-order valence-corrected chi connectivity index (χ2v) is 5.14. The number of ketones is 1. The molecular formula is C12H14ClFN2O6. The van der Waals surface area contributed by atoms with Gasteiger partial charge >= 0.3 is 5.69 Å². The number of aromatic amines is 1. The molecule has 10 heteroatoms. The molecule has 8 nitrogen and oxygen atoms in total. The number of rotatable bonds is 6. The quantitative estimate of drug-likeness (QED) is 0.717. The highest BCUT2D eigenvalue weighted by Crippen LogP contribution is 2.30. The van der Waals surface area contributed by atoms with Crippen LogP contribution >= 0.6 is 11.6 Å². The van der Waals surface area contributed by atoms with E-state index in [4.69, 9.17) is 26.2 Å². The van der Waals surface area contributed by atoms with Gasteiger partial charge in [-0.2, -0.15) is 0 Å². The van der Waals surface area contributed by atoms with Crippen LogP contribution in [0.15, 0.2) is 15.8 Å². The third-order valence-corrected chi connectivity index (χ3v) is 3.39. The number of alkyl halides is 1. The normalized spacial score (nSPS) is 24.6. The predicted molar refractivity (Wildman–Crippen MR) is 72.7 cm³/mol. The second kappa shape index (κ2) is 7.14. The SMILES string of the molecule is O=C(CO)COC[C@@H]1O[C@H](n2cc(Cl)c(=O)[nH]c2=O)CC1F. The van der Waals surface area contributed by atoms with E-state index < -0.39 is 42.1 Å². The van der Waals surface area contributed by atoms with Crippen LogP contribution < -0.4 is 11.2 Å². The van der Waals surface area contributed by atoms with Gasteiger partial charge in [0.15, 0.2) is 5.78 Å². The van der Waals surface area contributed by atoms with Gasteiger partial charge in [0.25, 0.3) is 5.56 Å². The molecule has 1 aromatic rings. The van der Waals surface area contributed by atoms with Crippen LogP contribution in [0.3, 0.4) is 0 Å². The molecule has 0 amide bonds. The Bertz CT molecular complexity index is 660. The molecule has 2 heterocycles. The molecule has 0 bridgehead atoms. The molecule has 2 N–H and O–H groups in total. The number of aliphatic hydroxyl groups excluding tert-OH is 1. The summed E-state index contributed by atoms with van der Waals surface area (Å²) in [5.74, 6) is -0.534. The third kappa shape index (κ3) is 3.80. The van der Waals surface area contributed by atoms with E-state index in [0.717, 1.165) is 10.8 Å². The number of nitrogens with one attached hydrogen (secondary N) is 1. The summed E-state index contributed by atoms with van der Waals surface area (Å²) in [5, 5.41) is 8.32. The zero-order valence-electron chi connectivity index (χ0n) is 11.3. The van der Waals surface area contributed by atoms with E-state index in [1.165, 1.54) is 0 Å². The summed E-state index contributed by atoms with van der Waals surface area (Å²) in [5.41, 5.74) is -1.50. The van der Waals surface area contributed by atoms with Gasteiger partial charge in [-0.1, -0.05) is 11.6 Å². The van der Waals surface area contributed by atoms with Gasteiger partial charge in [-0.15, -0.1) is 0 Å². The van der Waals surface area contributed by atoms with Crippen molar-refractivity contribution in [2.75, 3.05) is 19.8 Å². The maximum atomic E-state index is 13.9. The van der Waals surface area contributed by atoms with Crippen LogP contribution in [-0.4, -0.2) is 52.5 Å². The fourth-order valence-electron chi connectivity index (χ4n) is 2.02.